The average Bonchev–Trinajstić information content (AvgIpc) is 3.84. The van der Waals surface area contributed by atoms with Crippen LogP contribution in [0.25, 0.3) is 85.6 Å². The molecule has 1 atom stereocenters. The van der Waals surface area contributed by atoms with Crippen LogP contribution in [-0.4, -0.2) is 11.7 Å². The van der Waals surface area contributed by atoms with Crippen molar-refractivity contribution >= 4 is 97.4 Å². The summed E-state index contributed by atoms with van der Waals surface area (Å²) in [6.45, 7) is 0. The fourth-order valence-electron chi connectivity index (χ4n) is 8.64. The Hall–Kier alpha value is -7.08. The van der Waals surface area contributed by atoms with Gasteiger partial charge in [-0.15, -0.1) is 11.3 Å². The molecule has 0 fully saturated rings. The van der Waals surface area contributed by atoms with E-state index in [-0.39, 0.29) is 6.17 Å². The van der Waals surface area contributed by atoms with Crippen LogP contribution in [0.1, 0.15) is 22.9 Å². The number of nitrogens with one attached hydrogen (secondary N) is 1. The van der Waals surface area contributed by atoms with Gasteiger partial charge in [0.05, 0.1) is 0 Å². The van der Waals surface area contributed by atoms with Gasteiger partial charge in [0.2, 0.25) is 0 Å². The highest BCUT2D eigenvalue weighted by atomic mass is 32.1. The number of furan rings is 1. The van der Waals surface area contributed by atoms with Crippen LogP contribution in [0.2, 0.25) is 0 Å². The second kappa shape index (κ2) is 12.2. The predicted molar refractivity (Wildman–Crippen MR) is 236 cm³/mol. The van der Waals surface area contributed by atoms with Gasteiger partial charge in [-0.1, -0.05) is 140 Å². The molecule has 0 saturated heterocycles. The van der Waals surface area contributed by atoms with Gasteiger partial charge in [-0.3, -0.25) is 0 Å². The molecule has 12 rings (SSSR count). The van der Waals surface area contributed by atoms with Crippen molar-refractivity contribution in [3.05, 3.63) is 193 Å². The fourth-order valence-corrected chi connectivity index (χ4v) is 9.93. The Kier molecular flexibility index (Phi) is 6.83. The van der Waals surface area contributed by atoms with Crippen molar-refractivity contribution in [1.82, 2.24) is 5.32 Å². The zero-order valence-corrected chi connectivity index (χ0v) is 30.8. The molecule has 5 heteroatoms. The van der Waals surface area contributed by atoms with E-state index in [1.54, 1.807) is 0 Å². The highest BCUT2D eigenvalue weighted by molar-refractivity contribution is 7.26. The van der Waals surface area contributed by atoms with Gasteiger partial charge in [0.15, 0.2) is 5.84 Å². The first-order valence-electron chi connectivity index (χ1n) is 18.9. The summed E-state index contributed by atoms with van der Waals surface area (Å²) in [6.07, 6.45) is -0.327. The molecular weight excluding hydrogens is 703 g/mol. The maximum absolute atomic E-state index is 6.15. The lowest BCUT2D eigenvalue weighted by molar-refractivity contribution is 0.668. The van der Waals surface area contributed by atoms with Crippen molar-refractivity contribution in [2.75, 3.05) is 0 Å². The molecule has 0 radical (unpaired) electrons. The maximum atomic E-state index is 6.15. The number of hydrogen-bond acceptors (Lipinski definition) is 5. The number of para-hydroxylation sites is 1. The lowest BCUT2D eigenvalue weighted by atomic mass is 9.92. The molecule has 2 aromatic heterocycles. The molecule has 1 aliphatic heterocycles. The average molecular weight is 734 g/mol. The van der Waals surface area contributed by atoms with E-state index in [0.717, 1.165) is 44.5 Å². The molecule has 1 N–H and O–H groups in total. The first-order valence-corrected chi connectivity index (χ1v) is 19.7. The molecule has 1 unspecified atom stereocenters. The molecule has 9 aromatic carbocycles. The summed E-state index contributed by atoms with van der Waals surface area (Å²) in [5.74, 6) is 1.49. The van der Waals surface area contributed by atoms with Gasteiger partial charge in [-0.25, -0.2) is 9.98 Å². The van der Waals surface area contributed by atoms with Gasteiger partial charge in [-0.2, -0.15) is 0 Å². The monoisotopic (exact) mass is 733 g/mol. The summed E-state index contributed by atoms with van der Waals surface area (Å²) >= 11 is 1.85. The van der Waals surface area contributed by atoms with Crippen LogP contribution in [-0.2, 0) is 0 Å². The van der Waals surface area contributed by atoms with E-state index in [1.165, 1.54) is 63.6 Å². The quantitative estimate of drug-likeness (QED) is 0.183. The third kappa shape index (κ3) is 4.84. The molecule has 4 nitrogen and oxygen atoms in total. The number of nitrogens with zero attached hydrogens (tertiary/aromatic N) is 2. The molecule has 0 bridgehead atoms. The number of rotatable bonds is 4. The standard InChI is InChI=1S/C51H31N3OS/c1-2-11-30(12-3-1)49-52-50(32-23-26-46-44(28-32)40-17-8-9-20-45(40)55-46)54-51(53-49)33-22-25-41-42-19-10-18-34(48(42)56-47(41)29-33)31-21-24-39-37-15-5-4-13-35(37)36-14-6-7-16-38(36)43(39)27-31/h1-29,51H,(H,52,53,54). The molecule has 0 aliphatic carbocycles. The number of benzene rings is 9. The number of fused-ring (bicyclic) bond motifs is 12. The van der Waals surface area contributed by atoms with Crippen LogP contribution in [0, 0.1) is 0 Å². The normalized spacial score (nSPS) is 14.6. The van der Waals surface area contributed by atoms with E-state index in [4.69, 9.17) is 14.4 Å². The maximum Gasteiger partial charge on any atom is 0.159 e. The second-order valence-corrected chi connectivity index (χ2v) is 15.6. The number of aliphatic imine (C=N–C) groups is 2. The number of thiophene rings is 1. The molecule has 1 aliphatic rings. The van der Waals surface area contributed by atoms with Crippen LogP contribution in [0.5, 0.6) is 0 Å². The Balaban J connectivity index is 0.973. The first kappa shape index (κ1) is 31.3. The largest absolute Gasteiger partial charge is 0.456 e. The van der Waals surface area contributed by atoms with Crippen LogP contribution in [0.3, 0.4) is 0 Å². The number of amidine groups is 2. The summed E-state index contributed by atoms with van der Waals surface area (Å²) in [7, 11) is 0. The minimum Gasteiger partial charge on any atom is -0.456 e. The first-order chi connectivity index (χ1) is 27.7. The molecule has 56 heavy (non-hydrogen) atoms. The Morgan fingerprint density at radius 3 is 1.88 bits per heavy atom. The van der Waals surface area contributed by atoms with Gasteiger partial charge in [0.1, 0.15) is 23.2 Å². The van der Waals surface area contributed by atoms with Crippen molar-refractivity contribution in [2.45, 2.75) is 6.17 Å². The van der Waals surface area contributed by atoms with Gasteiger partial charge >= 0.3 is 0 Å². The SMILES string of the molecule is c1ccc(C2=NC(c3ccc4c(c3)sc3c(-c5ccc6c7ccccc7c7ccccc7c6c5)cccc34)NC(c3ccc4oc5ccccc5c4c3)=N2)cc1. The lowest BCUT2D eigenvalue weighted by Crippen LogP contribution is -2.33. The Labute approximate surface area is 325 Å². The van der Waals surface area contributed by atoms with Crippen molar-refractivity contribution in [1.29, 1.82) is 0 Å². The predicted octanol–water partition coefficient (Wildman–Crippen LogP) is 13.6. The smallest absolute Gasteiger partial charge is 0.159 e. The highest BCUT2D eigenvalue weighted by Gasteiger charge is 2.23. The zero-order chi connectivity index (χ0) is 36.7. The fraction of sp³-hybridized carbons (Fsp3) is 0.0196. The lowest BCUT2D eigenvalue weighted by Gasteiger charge is -2.23. The van der Waals surface area contributed by atoms with E-state index in [1.807, 2.05) is 47.7 Å². The molecule has 0 saturated carbocycles. The van der Waals surface area contributed by atoms with Crippen molar-refractivity contribution in [3.8, 4) is 11.1 Å². The van der Waals surface area contributed by atoms with Gasteiger partial charge in [-0.05, 0) is 85.4 Å². The van der Waals surface area contributed by atoms with E-state index in [2.05, 4.69) is 145 Å². The molecule has 11 aromatic rings. The summed E-state index contributed by atoms with van der Waals surface area (Å²) in [4.78, 5) is 10.3. The third-order valence-corrected chi connectivity index (χ3v) is 12.5. The molecule has 0 spiro atoms. The van der Waals surface area contributed by atoms with Gasteiger partial charge in [0.25, 0.3) is 0 Å². The zero-order valence-electron chi connectivity index (χ0n) is 30.0. The van der Waals surface area contributed by atoms with Crippen LogP contribution >= 0.6 is 11.3 Å². The molecule has 262 valence electrons. The molecule has 3 heterocycles. The Morgan fingerprint density at radius 2 is 1.07 bits per heavy atom. The Bertz CT molecular complexity index is 3430. The van der Waals surface area contributed by atoms with Crippen LogP contribution in [0.15, 0.2) is 190 Å². The van der Waals surface area contributed by atoms with E-state index in [9.17, 15) is 0 Å². The molecule has 0 amide bonds. The summed E-state index contributed by atoms with van der Waals surface area (Å²) in [5, 5.41) is 16.1. The summed E-state index contributed by atoms with van der Waals surface area (Å²) in [6, 6.07) is 62.8. The minimum absolute atomic E-state index is 0.327. The number of hydrogen-bond donors (Lipinski definition) is 1. The summed E-state index contributed by atoms with van der Waals surface area (Å²) < 4.78 is 8.67. The topological polar surface area (TPSA) is 49.9 Å². The third-order valence-electron chi connectivity index (χ3n) is 11.3. The minimum atomic E-state index is -0.327. The van der Waals surface area contributed by atoms with Gasteiger partial charge in [0, 0.05) is 42.1 Å². The van der Waals surface area contributed by atoms with E-state index in [0.29, 0.717) is 5.84 Å². The van der Waals surface area contributed by atoms with E-state index >= 15 is 0 Å². The second-order valence-electron chi connectivity index (χ2n) is 14.5. The van der Waals surface area contributed by atoms with Crippen LogP contribution in [0.4, 0.5) is 0 Å². The van der Waals surface area contributed by atoms with Crippen molar-refractivity contribution in [3.63, 3.8) is 0 Å². The van der Waals surface area contributed by atoms with Crippen molar-refractivity contribution < 1.29 is 4.42 Å². The highest BCUT2D eigenvalue weighted by Crippen LogP contribution is 2.43. The Morgan fingerprint density at radius 1 is 0.446 bits per heavy atom. The van der Waals surface area contributed by atoms with Crippen molar-refractivity contribution in [2.24, 2.45) is 9.98 Å². The van der Waals surface area contributed by atoms with E-state index < -0.39 is 0 Å². The molecular formula is C51H31N3OS. The van der Waals surface area contributed by atoms with Gasteiger partial charge < -0.3 is 9.73 Å². The van der Waals surface area contributed by atoms with Crippen LogP contribution < -0.4 is 5.32 Å². The summed E-state index contributed by atoms with van der Waals surface area (Å²) in [5.41, 5.74) is 7.28.